The lowest BCUT2D eigenvalue weighted by Gasteiger charge is -2.36. The number of thioether (sulfide) groups is 1. The van der Waals surface area contributed by atoms with Gasteiger partial charge in [-0.3, -0.25) is 9.48 Å². The van der Waals surface area contributed by atoms with Gasteiger partial charge in [0, 0.05) is 27.7 Å². The number of amides is 1. The molecule has 1 aromatic carbocycles. The van der Waals surface area contributed by atoms with Crippen LogP contribution < -0.4 is 10.6 Å². The van der Waals surface area contributed by atoms with Crippen LogP contribution in [-0.2, 0) is 10.3 Å². The molecule has 2 heterocycles. The van der Waals surface area contributed by atoms with Crippen molar-refractivity contribution >= 4 is 23.4 Å². The molecule has 1 aliphatic heterocycles. The number of benzene rings is 1. The van der Waals surface area contributed by atoms with Crippen LogP contribution in [0.4, 0.5) is 5.69 Å². The average molecular weight is 359 g/mol. The van der Waals surface area contributed by atoms with Crippen LogP contribution in [0.3, 0.4) is 0 Å². The topological polar surface area (TPSA) is 59.0 Å². The molecule has 0 saturated carbocycles. The molecule has 0 radical (unpaired) electrons. The Morgan fingerprint density at radius 1 is 1.24 bits per heavy atom. The maximum Gasteiger partial charge on any atom is 0.252 e. The zero-order valence-corrected chi connectivity index (χ0v) is 15.9. The molecule has 0 bridgehead atoms. The van der Waals surface area contributed by atoms with Crippen molar-refractivity contribution in [3.8, 4) is 0 Å². The van der Waals surface area contributed by atoms with E-state index in [-0.39, 0.29) is 10.7 Å². The molecular weight excluding hydrogens is 332 g/mol. The molecule has 3 rings (SSSR count). The van der Waals surface area contributed by atoms with Crippen LogP contribution >= 0.6 is 11.8 Å². The van der Waals surface area contributed by atoms with Gasteiger partial charge in [-0.25, -0.2) is 0 Å². The summed E-state index contributed by atoms with van der Waals surface area (Å²) in [5.41, 5.74) is 0.210. The van der Waals surface area contributed by atoms with Crippen molar-refractivity contribution in [2.24, 2.45) is 0 Å². The lowest BCUT2D eigenvalue weighted by atomic mass is 9.87. The molecule has 1 fully saturated rings. The molecule has 0 aliphatic carbocycles. The van der Waals surface area contributed by atoms with Crippen LogP contribution in [0.2, 0.25) is 0 Å². The quantitative estimate of drug-likeness (QED) is 0.822. The standard InChI is InChI=1S/C19H26N4OS/c1-18(2,3)25-16-7-5-15(6-8-16)22-17(24)19(9-12-20-13-10-19)23-14-4-11-21-23/h4-8,11,14,20H,9-10,12-13H2,1-3H3,(H,22,24). The first-order valence-electron chi connectivity index (χ1n) is 8.70. The Morgan fingerprint density at radius 3 is 2.48 bits per heavy atom. The number of carbonyl (C=O) groups excluding carboxylic acids is 1. The maximum atomic E-state index is 13.1. The van der Waals surface area contributed by atoms with E-state index in [0.29, 0.717) is 0 Å². The second-order valence-electron chi connectivity index (χ2n) is 7.43. The fraction of sp³-hybridized carbons (Fsp3) is 0.474. The Labute approximate surface area is 153 Å². The molecule has 1 aliphatic rings. The summed E-state index contributed by atoms with van der Waals surface area (Å²) in [6, 6.07) is 9.95. The number of rotatable bonds is 4. The highest BCUT2D eigenvalue weighted by atomic mass is 32.2. The van der Waals surface area contributed by atoms with Gasteiger partial charge in [0.1, 0.15) is 5.54 Å². The molecule has 6 heteroatoms. The first-order valence-corrected chi connectivity index (χ1v) is 9.52. The Hall–Kier alpha value is -1.79. The van der Waals surface area contributed by atoms with Crippen LogP contribution in [0.25, 0.3) is 0 Å². The molecule has 1 aromatic heterocycles. The number of hydrogen-bond acceptors (Lipinski definition) is 4. The van der Waals surface area contributed by atoms with Gasteiger partial charge in [-0.2, -0.15) is 5.10 Å². The fourth-order valence-corrected chi connectivity index (χ4v) is 4.11. The predicted molar refractivity (Wildman–Crippen MR) is 103 cm³/mol. The van der Waals surface area contributed by atoms with Crippen molar-refractivity contribution in [2.75, 3.05) is 18.4 Å². The van der Waals surface area contributed by atoms with Crippen molar-refractivity contribution in [3.05, 3.63) is 42.7 Å². The van der Waals surface area contributed by atoms with Crippen LogP contribution in [0.15, 0.2) is 47.6 Å². The van der Waals surface area contributed by atoms with Gasteiger partial charge < -0.3 is 10.6 Å². The molecule has 0 unspecified atom stereocenters. The smallest absolute Gasteiger partial charge is 0.252 e. The van der Waals surface area contributed by atoms with Crippen molar-refractivity contribution in [1.82, 2.24) is 15.1 Å². The fourth-order valence-electron chi connectivity index (χ4n) is 3.13. The zero-order valence-electron chi connectivity index (χ0n) is 15.1. The van der Waals surface area contributed by atoms with Crippen LogP contribution in [0.5, 0.6) is 0 Å². The van der Waals surface area contributed by atoms with Gasteiger partial charge in [-0.05, 0) is 56.3 Å². The maximum absolute atomic E-state index is 13.1. The van der Waals surface area contributed by atoms with Gasteiger partial charge in [-0.1, -0.05) is 20.8 Å². The van der Waals surface area contributed by atoms with E-state index in [1.165, 1.54) is 4.90 Å². The zero-order chi connectivity index (χ0) is 17.9. The summed E-state index contributed by atoms with van der Waals surface area (Å²) in [6.45, 7) is 8.21. The number of nitrogens with one attached hydrogen (secondary N) is 2. The summed E-state index contributed by atoms with van der Waals surface area (Å²) in [6.07, 6.45) is 5.08. The third-order valence-corrected chi connectivity index (χ3v) is 5.45. The third kappa shape index (κ3) is 4.25. The Morgan fingerprint density at radius 2 is 1.92 bits per heavy atom. The van der Waals surface area contributed by atoms with Crippen molar-refractivity contribution in [1.29, 1.82) is 0 Å². The average Bonchev–Trinajstić information content (AvgIpc) is 3.11. The molecule has 5 nitrogen and oxygen atoms in total. The summed E-state index contributed by atoms with van der Waals surface area (Å²) in [7, 11) is 0. The minimum Gasteiger partial charge on any atom is -0.324 e. The first-order chi connectivity index (χ1) is 11.9. The van der Waals surface area contributed by atoms with E-state index in [0.717, 1.165) is 31.6 Å². The SMILES string of the molecule is CC(C)(C)Sc1ccc(NC(=O)C2(n3cccn3)CCNCC2)cc1. The molecule has 0 atom stereocenters. The van der Waals surface area contributed by atoms with Crippen molar-refractivity contribution in [3.63, 3.8) is 0 Å². The predicted octanol–water partition coefficient (Wildman–Crippen LogP) is 3.49. The van der Waals surface area contributed by atoms with Gasteiger partial charge in [0.05, 0.1) is 0 Å². The van der Waals surface area contributed by atoms with E-state index in [2.05, 4.69) is 48.6 Å². The van der Waals surface area contributed by atoms with E-state index in [1.807, 2.05) is 40.8 Å². The largest absolute Gasteiger partial charge is 0.324 e. The van der Waals surface area contributed by atoms with E-state index in [1.54, 1.807) is 6.20 Å². The molecule has 2 aromatic rings. The molecular formula is C19H26N4OS. The minimum atomic E-state index is -0.617. The van der Waals surface area contributed by atoms with Gasteiger partial charge in [0.25, 0.3) is 5.91 Å². The number of carbonyl (C=O) groups is 1. The van der Waals surface area contributed by atoms with Crippen LogP contribution in [-0.4, -0.2) is 33.5 Å². The Balaban J connectivity index is 1.76. The normalized spacial score (nSPS) is 17.2. The summed E-state index contributed by atoms with van der Waals surface area (Å²) < 4.78 is 1.98. The lowest BCUT2D eigenvalue weighted by Crippen LogP contribution is -2.52. The number of nitrogens with zero attached hydrogens (tertiary/aromatic N) is 2. The number of hydrogen-bond donors (Lipinski definition) is 2. The van der Waals surface area contributed by atoms with Crippen LogP contribution in [0.1, 0.15) is 33.6 Å². The van der Waals surface area contributed by atoms with E-state index in [4.69, 9.17) is 0 Å². The molecule has 0 spiro atoms. The minimum absolute atomic E-state index is 0.00826. The lowest BCUT2D eigenvalue weighted by molar-refractivity contribution is -0.126. The van der Waals surface area contributed by atoms with Gasteiger partial charge in [0.2, 0.25) is 0 Å². The number of aromatic nitrogens is 2. The molecule has 1 amide bonds. The van der Waals surface area contributed by atoms with Gasteiger partial charge in [-0.15, -0.1) is 11.8 Å². The van der Waals surface area contributed by atoms with E-state index < -0.39 is 5.54 Å². The second kappa shape index (κ2) is 7.22. The highest BCUT2D eigenvalue weighted by Crippen LogP contribution is 2.33. The summed E-state index contributed by atoms with van der Waals surface area (Å²) in [5, 5.41) is 10.8. The number of piperidine rings is 1. The Kier molecular flexibility index (Phi) is 5.20. The monoisotopic (exact) mass is 358 g/mol. The molecule has 134 valence electrons. The van der Waals surface area contributed by atoms with Gasteiger partial charge >= 0.3 is 0 Å². The summed E-state index contributed by atoms with van der Waals surface area (Å²) in [5.74, 6) is 0.00826. The third-order valence-electron chi connectivity index (χ3n) is 4.33. The van der Waals surface area contributed by atoms with Gasteiger partial charge in [0.15, 0.2) is 0 Å². The number of anilines is 1. The molecule has 25 heavy (non-hydrogen) atoms. The summed E-state index contributed by atoms with van der Waals surface area (Å²) >= 11 is 1.82. The molecule has 2 N–H and O–H groups in total. The Bertz CT molecular complexity index is 698. The van der Waals surface area contributed by atoms with Crippen molar-refractivity contribution < 1.29 is 4.79 Å². The molecule has 1 saturated heterocycles. The first kappa shape index (κ1) is 18.0. The van der Waals surface area contributed by atoms with Crippen LogP contribution in [0, 0.1) is 0 Å². The summed E-state index contributed by atoms with van der Waals surface area (Å²) in [4.78, 5) is 14.3. The van der Waals surface area contributed by atoms with E-state index >= 15 is 0 Å². The highest BCUT2D eigenvalue weighted by molar-refractivity contribution is 8.00. The highest BCUT2D eigenvalue weighted by Gasteiger charge is 2.42. The van der Waals surface area contributed by atoms with Crippen molar-refractivity contribution in [2.45, 2.75) is 48.8 Å². The second-order valence-corrected chi connectivity index (χ2v) is 9.33. The van der Waals surface area contributed by atoms with E-state index in [9.17, 15) is 4.79 Å².